The first-order valence-electron chi connectivity index (χ1n) is 4.99. The monoisotopic (exact) mass is 289 g/mol. The van der Waals surface area contributed by atoms with E-state index < -0.39 is 40.9 Å². The molecular weight excluding hydrogens is 279 g/mol. The van der Waals surface area contributed by atoms with Gasteiger partial charge in [-0.3, -0.25) is 0 Å². The van der Waals surface area contributed by atoms with Crippen molar-refractivity contribution in [3.05, 3.63) is 29.3 Å². The normalized spacial score (nSPS) is 12.1. The van der Waals surface area contributed by atoms with Crippen molar-refractivity contribution in [2.45, 2.75) is 6.18 Å². The van der Waals surface area contributed by atoms with Gasteiger partial charge in [-0.25, -0.2) is 9.79 Å². The van der Waals surface area contributed by atoms with E-state index in [1.54, 1.807) is 0 Å². The number of benzene rings is 1. The molecule has 1 aromatic rings. The van der Waals surface area contributed by atoms with Crippen LogP contribution in [-0.4, -0.2) is 23.0 Å². The molecule has 0 saturated heterocycles. The van der Waals surface area contributed by atoms with Crippen molar-refractivity contribution < 1.29 is 23.1 Å². The van der Waals surface area contributed by atoms with E-state index in [-0.39, 0.29) is 0 Å². The Bertz CT molecular complexity index is 591. The summed E-state index contributed by atoms with van der Waals surface area (Å²) in [4.78, 5) is 17.3. The molecule has 0 radical (unpaired) electrons. The first-order valence-corrected chi connectivity index (χ1v) is 4.99. The fourth-order valence-electron chi connectivity index (χ4n) is 1.27. The predicted octanol–water partition coefficient (Wildman–Crippen LogP) is 0.623. The van der Waals surface area contributed by atoms with Gasteiger partial charge in [0, 0.05) is 0 Å². The Balaban J connectivity index is 3.40. The molecule has 0 fully saturated rings. The molecule has 0 aliphatic carbocycles. The average molecular weight is 289 g/mol. The molecule has 108 valence electrons. The highest BCUT2D eigenvalue weighted by Gasteiger charge is 2.34. The number of aromatic carboxylic acids is 1. The number of aliphatic imine (C=N–C) groups is 2. The molecule has 0 heterocycles. The summed E-state index contributed by atoms with van der Waals surface area (Å²) < 4.78 is 38.4. The average Bonchev–Trinajstić information content (AvgIpc) is 2.26. The third-order valence-electron chi connectivity index (χ3n) is 2.03. The molecule has 7 nitrogen and oxygen atoms in total. The molecule has 0 spiro atoms. The number of nitrogens with two attached hydrogens (primary N) is 3. The molecule has 0 unspecified atom stereocenters. The fraction of sp³-hybridized carbons (Fsp3) is 0.100. The Morgan fingerprint density at radius 2 is 1.80 bits per heavy atom. The number of nitrogens with zero attached hydrogens (tertiary/aromatic N) is 2. The fourth-order valence-corrected chi connectivity index (χ4v) is 1.27. The van der Waals surface area contributed by atoms with E-state index in [4.69, 9.17) is 22.3 Å². The van der Waals surface area contributed by atoms with E-state index in [0.29, 0.717) is 6.07 Å². The van der Waals surface area contributed by atoms with Gasteiger partial charge in [0.2, 0.25) is 5.96 Å². The van der Waals surface area contributed by atoms with Gasteiger partial charge in [0.15, 0.2) is 5.96 Å². The minimum absolute atomic E-state index is 0.448. The molecule has 0 atom stereocenters. The number of halogens is 3. The Kier molecular flexibility index (Phi) is 4.17. The predicted molar refractivity (Wildman–Crippen MR) is 65.5 cm³/mol. The SMILES string of the molecule is NC(N)=NC(N)=Nc1ccc(C(=O)O)cc1C(F)(F)F. The molecule has 0 saturated carbocycles. The summed E-state index contributed by atoms with van der Waals surface area (Å²) in [6, 6.07) is 2.27. The van der Waals surface area contributed by atoms with Gasteiger partial charge in [0.25, 0.3) is 0 Å². The number of alkyl halides is 3. The third kappa shape index (κ3) is 3.86. The summed E-state index contributed by atoms with van der Waals surface area (Å²) in [5.41, 5.74) is 12.9. The van der Waals surface area contributed by atoms with Crippen molar-refractivity contribution in [3.63, 3.8) is 0 Å². The number of carboxylic acid groups (broad SMARTS) is 1. The van der Waals surface area contributed by atoms with E-state index >= 15 is 0 Å². The van der Waals surface area contributed by atoms with Gasteiger partial charge in [-0.15, -0.1) is 0 Å². The number of carbonyl (C=O) groups is 1. The standard InChI is InChI=1S/C10H10F3N5O2/c11-10(12,13)5-3-4(7(19)20)1-2-6(5)17-9(16)18-8(14)15/h1-3H,(H,19,20)(H6,14,15,16,17,18). The summed E-state index contributed by atoms with van der Waals surface area (Å²) in [6.45, 7) is 0. The van der Waals surface area contributed by atoms with Gasteiger partial charge >= 0.3 is 12.1 Å². The smallest absolute Gasteiger partial charge is 0.418 e. The largest absolute Gasteiger partial charge is 0.478 e. The summed E-state index contributed by atoms with van der Waals surface area (Å²) in [5, 5.41) is 8.68. The lowest BCUT2D eigenvalue weighted by molar-refractivity contribution is -0.137. The second-order valence-corrected chi connectivity index (χ2v) is 3.54. The molecule has 0 aromatic heterocycles. The summed E-state index contributed by atoms with van der Waals surface area (Å²) in [7, 11) is 0. The molecule has 0 aliphatic rings. The van der Waals surface area contributed by atoms with Crippen LogP contribution < -0.4 is 17.2 Å². The second kappa shape index (κ2) is 5.47. The quantitative estimate of drug-likeness (QED) is 0.466. The minimum atomic E-state index is -4.80. The highest BCUT2D eigenvalue weighted by Crippen LogP contribution is 2.37. The number of rotatable bonds is 2. The van der Waals surface area contributed by atoms with Gasteiger partial charge in [0.05, 0.1) is 16.8 Å². The molecule has 0 bridgehead atoms. The molecule has 0 amide bonds. The van der Waals surface area contributed by atoms with Crippen molar-refractivity contribution in [2.75, 3.05) is 0 Å². The van der Waals surface area contributed by atoms with Gasteiger partial charge in [0.1, 0.15) is 0 Å². The van der Waals surface area contributed by atoms with Crippen molar-refractivity contribution in [1.82, 2.24) is 0 Å². The van der Waals surface area contributed by atoms with E-state index in [0.717, 1.165) is 12.1 Å². The van der Waals surface area contributed by atoms with Crippen LogP contribution in [0.5, 0.6) is 0 Å². The van der Waals surface area contributed by atoms with E-state index in [1.807, 2.05) is 0 Å². The van der Waals surface area contributed by atoms with Crippen LogP contribution in [0.4, 0.5) is 18.9 Å². The Hall–Kier alpha value is -2.78. The van der Waals surface area contributed by atoms with Gasteiger partial charge in [-0.2, -0.15) is 18.2 Å². The summed E-state index contributed by atoms with van der Waals surface area (Å²) in [5.74, 6) is -2.55. The first-order chi connectivity index (χ1) is 9.11. The van der Waals surface area contributed by atoms with Crippen LogP contribution in [0, 0.1) is 0 Å². The molecule has 0 aliphatic heterocycles. The molecule has 10 heteroatoms. The van der Waals surface area contributed by atoms with E-state index in [2.05, 4.69) is 9.98 Å². The molecule has 1 rings (SSSR count). The lowest BCUT2D eigenvalue weighted by atomic mass is 10.1. The van der Waals surface area contributed by atoms with Crippen LogP contribution in [0.3, 0.4) is 0 Å². The van der Waals surface area contributed by atoms with Crippen LogP contribution >= 0.6 is 0 Å². The summed E-state index contributed by atoms with van der Waals surface area (Å²) >= 11 is 0. The third-order valence-corrected chi connectivity index (χ3v) is 2.03. The van der Waals surface area contributed by atoms with Crippen molar-refractivity contribution >= 4 is 23.6 Å². The maximum atomic E-state index is 12.8. The zero-order chi connectivity index (χ0) is 15.5. The van der Waals surface area contributed by atoms with Crippen molar-refractivity contribution in [3.8, 4) is 0 Å². The molecule has 20 heavy (non-hydrogen) atoms. The van der Waals surface area contributed by atoms with Crippen molar-refractivity contribution in [1.29, 1.82) is 0 Å². The van der Waals surface area contributed by atoms with Crippen molar-refractivity contribution in [2.24, 2.45) is 27.2 Å². The first kappa shape index (κ1) is 15.3. The van der Waals surface area contributed by atoms with Gasteiger partial charge in [-0.1, -0.05) is 0 Å². The Morgan fingerprint density at radius 3 is 2.25 bits per heavy atom. The maximum Gasteiger partial charge on any atom is 0.418 e. The van der Waals surface area contributed by atoms with E-state index in [9.17, 15) is 18.0 Å². The zero-order valence-corrected chi connectivity index (χ0v) is 9.85. The minimum Gasteiger partial charge on any atom is -0.478 e. The molecule has 1 aromatic carbocycles. The lowest BCUT2D eigenvalue weighted by Gasteiger charge is -2.10. The summed E-state index contributed by atoms with van der Waals surface area (Å²) in [6.07, 6.45) is -4.80. The Labute approximate surface area is 110 Å². The topological polar surface area (TPSA) is 140 Å². The van der Waals surface area contributed by atoms with Crippen LogP contribution in [0.25, 0.3) is 0 Å². The highest BCUT2D eigenvalue weighted by atomic mass is 19.4. The number of hydrogen-bond acceptors (Lipinski definition) is 2. The van der Waals surface area contributed by atoms with E-state index in [1.165, 1.54) is 0 Å². The van der Waals surface area contributed by atoms with Gasteiger partial charge in [-0.05, 0) is 18.2 Å². The van der Waals surface area contributed by atoms with Crippen LogP contribution in [0.15, 0.2) is 28.2 Å². The molecular formula is C10H10F3N5O2. The maximum absolute atomic E-state index is 12.8. The molecule has 7 N–H and O–H groups in total. The zero-order valence-electron chi connectivity index (χ0n) is 9.85. The van der Waals surface area contributed by atoms with Crippen LogP contribution in [0.1, 0.15) is 15.9 Å². The van der Waals surface area contributed by atoms with Crippen LogP contribution in [0.2, 0.25) is 0 Å². The lowest BCUT2D eigenvalue weighted by Crippen LogP contribution is -2.26. The number of carboxylic acids is 1. The Morgan fingerprint density at radius 1 is 1.20 bits per heavy atom. The van der Waals surface area contributed by atoms with Crippen LogP contribution in [-0.2, 0) is 6.18 Å². The number of guanidine groups is 2. The van der Waals surface area contributed by atoms with Gasteiger partial charge < -0.3 is 22.3 Å². The highest BCUT2D eigenvalue weighted by molar-refractivity contribution is 5.94. The second-order valence-electron chi connectivity index (χ2n) is 3.54. The number of hydrogen-bond donors (Lipinski definition) is 4.